The standard InChI is InChI=1S/3C4H9.C2HN4O2.Sn/c3*1-3-4-2;7-6(8)2-3-1-4-5-2;/h3*1,3-4H2,2H3;1H;/q;;;-1;+1. The number of hydrogen-bond acceptors (Lipinski definition) is 4. The van der Waals surface area contributed by atoms with E-state index in [2.05, 4.69) is 30.9 Å². The van der Waals surface area contributed by atoms with Crippen molar-refractivity contribution >= 4 is 24.6 Å². The summed E-state index contributed by atoms with van der Waals surface area (Å²) in [7, 11) is 0. The molecule has 0 radical (unpaired) electrons. The van der Waals surface area contributed by atoms with Crippen LogP contribution in [0, 0.1) is 10.1 Å². The van der Waals surface area contributed by atoms with Gasteiger partial charge in [0.1, 0.15) is 0 Å². The van der Waals surface area contributed by atoms with Crippen molar-refractivity contribution in [3.05, 3.63) is 16.4 Å². The summed E-state index contributed by atoms with van der Waals surface area (Å²) in [5, 5.41) is 15.1. The Hall–Kier alpha value is -0.661. The van der Waals surface area contributed by atoms with Gasteiger partial charge in [0.25, 0.3) is 0 Å². The van der Waals surface area contributed by atoms with E-state index in [1.807, 2.05) is 2.90 Å². The zero-order valence-electron chi connectivity index (χ0n) is 13.5. The first-order valence-corrected chi connectivity index (χ1v) is 15.5. The summed E-state index contributed by atoms with van der Waals surface area (Å²) in [6.07, 6.45) is 8.79. The van der Waals surface area contributed by atoms with Gasteiger partial charge in [0.15, 0.2) is 0 Å². The van der Waals surface area contributed by atoms with Gasteiger partial charge in [0.2, 0.25) is 0 Å². The van der Waals surface area contributed by atoms with Crippen LogP contribution in [-0.4, -0.2) is 36.6 Å². The van der Waals surface area contributed by atoms with Crippen molar-refractivity contribution < 1.29 is 4.92 Å². The second-order valence-electron chi connectivity index (χ2n) is 5.78. The van der Waals surface area contributed by atoms with Gasteiger partial charge >= 0.3 is 132 Å². The summed E-state index contributed by atoms with van der Waals surface area (Å²) in [6, 6.07) is 0. The fraction of sp³-hybridized carbons (Fsp3) is 0.857. The molecule has 0 aliphatic carbocycles. The quantitative estimate of drug-likeness (QED) is 0.312. The Morgan fingerprint density at radius 2 is 1.57 bits per heavy atom. The molecule has 120 valence electrons. The van der Waals surface area contributed by atoms with Gasteiger partial charge in [-0.15, -0.1) is 0 Å². The van der Waals surface area contributed by atoms with E-state index in [1.54, 1.807) is 6.33 Å². The first kappa shape index (κ1) is 18.4. The van der Waals surface area contributed by atoms with Crippen molar-refractivity contribution in [1.82, 2.24) is 13.0 Å². The van der Waals surface area contributed by atoms with Crippen LogP contribution in [-0.2, 0) is 0 Å². The van der Waals surface area contributed by atoms with Crippen molar-refractivity contribution in [1.29, 1.82) is 0 Å². The third-order valence-corrected chi connectivity index (χ3v) is 18.5. The zero-order chi connectivity index (χ0) is 15.7. The molecule has 21 heavy (non-hydrogen) atoms. The van der Waals surface area contributed by atoms with Crippen molar-refractivity contribution in [2.45, 2.75) is 72.6 Å². The van der Waals surface area contributed by atoms with Gasteiger partial charge in [-0.1, -0.05) is 0 Å². The van der Waals surface area contributed by atoms with Gasteiger partial charge in [0, 0.05) is 0 Å². The molecule has 0 spiro atoms. The Kier molecular flexibility index (Phi) is 8.21. The van der Waals surface area contributed by atoms with Crippen LogP contribution in [0.4, 0.5) is 5.95 Å². The molecule has 0 N–H and O–H groups in total. The molecule has 1 rings (SSSR count). The average molecular weight is 403 g/mol. The van der Waals surface area contributed by atoms with Crippen molar-refractivity contribution in [2.24, 2.45) is 0 Å². The molecule has 0 aromatic carbocycles. The van der Waals surface area contributed by atoms with E-state index >= 15 is 0 Å². The van der Waals surface area contributed by atoms with E-state index in [4.69, 9.17) is 0 Å². The fourth-order valence-electron chi connectivity index (χ4n) is 2.80. The number of aromatic nitrogens is 3. The van der Waals surface area contributed by atoms with E-state index in [0.717, 1.165) is 0 Å². The van der Waals surface area contributed by atoms with Crippen LogP contribution < -0.4 is 0 Å². The molecular formula is C14H28N4O2Sn. The summed E-state index contributed by atoms with van der Waals surface area (Å²) in [6.45, 7) is 6.63. The van der Waals surface area contributed by atoms with Crippen LogP contribution in [0.1, 0.15) is 59.3 Å². The van der Waals surface area contributed by atoms with Gasteiger partial charge in [-0.25, -0.2) is 0 Å². The molecule has 0 amide bonds. The molecule has 0 saturated carbocycles. The van der Waals surface area contributed by atoms with Crippen LogP contribution in [0.5, 0.6) is 0 Å². The first-order chi connectivity index (χ1) is 10.1. The molecule has 0 atom stereocenters. The molecule has 0 saturated heterocycles. The number of rotatable bonds is 11. The Labute approximate surface area is 131 Å². The van der Waals surface area contributed by atoms with E-state index in [9.17, 15) is 10.1 Å². The molecule has 7 heteroatoms. The third-order valence-electron chi connectivity index (χ3n) is 4.12. The number of hydrogen-bond donors (Lipinski definition) is 0. The van der Waals surface area contributed by atoms with Crippen molar-refractivity contribution in [2.75, 3.05) is 0 Å². The Bertz CT molecular complexity index is 415. The van der Waals surface area contributed by atoms with Crippen LogP contribution >= 0.6 is 0 Å². The molecule has 0 bridgehead atoms. The maximum absolute atomic E-state index is 10.9. The Balaban J connectivity index is 3.06. The molecule has 1 heterocycles. The molecular weight excluding hydrogens is 375 g/mol. The van der Waals surface area contributed by atoms with Gasteiger partial charge in [-0.3, -0.25) is 0 Å². The van der Waals surface area contributed by atoms with Gasteiger partial charge in [0.05, 0.1) is 0 Å². The molecule has 6 nitrogen and oxygen atoms in total. The molecule has 1 aromatic heterocycles. The van der Waals surface area contributed by atoms with E-state index in [0.29, 0.717) is 0 Å². The minimum atomic E-state index is -2.70. The van der Waals surface area contributed by atoms with Crippen molar-refractivity contribution in [3.63, 3.8) is 0 Å². The number of nitro groups is 1. The number of unbranched alkanes of at least 4 members (excludes halogenated alkanes) is 3. The summed E-state index contributed by atoms with van der Waals surface area (Å²) >= 11 is -2.70. The third kappa shape index (κ3) is 5.23. The second kappa shape index (κ2) is 9.38. The van der Waals surface area contributed by atoms with E-state index in [1.165, 1.54) is 51.8 Å². The molecule has 0 unspecified atom stereocenters. The number of nitrogens with zero attached hydrogens (tertiary/aromatic N) is 4. The monoisotopic (exact) mass is 404 g/mol. The molecule has 0 aliphatic heterocycles. The maximum atomic E-state index is 10.9. The first-order valence-electron chi connectivity index (χ1n) is 8.16. The SMILES string of the molecule is CCC[CH2][Sn]([CH2]CCC)([CH2]CCC)[n]1cnc([N+](=O)[O-])n1. The summed E-state index contributed by atoms with van der Waals surface area (Å²) < 4.78 is 5.68. The minimum absolute atomic E-state index is 0.236. The predicted octanol–water partition coefficient (Wildman–Crippen LogP) is 4.38. The second-order valence-corrected chi connectivity index (χ2v) is 18.4. The predicted molar refractivity (Wildman–Crippen MR) is 87.0 cm³/mol. The Morgan fingerprint density at radius 1 is 1.10 bits per heavy atom. The van der Waals surface area contributed by atoms with Gasteiger partial charge < -0.3 is 0 Å². The molecule has 0 fully saturated rings. The Morgan fingerprint density at radius 3 is 1.90 bits per heavy atom. The van der Waals surface area contributed by atoms with Crippen LogP contribution in [0.2, 0.25) is 13.3 Å². The topological polar surface area (TPSA) is 73.8 Å². The van der Waals surface area contributed by atoms with Crippen LogP contribution in [0.3, 0.4) is 0 Å². The molecule has 0 aliphatic rings. The van der Waals surface area contributed by atoms with Gasteiger partial charge in [-0.05, 0) is 0 Å². The summed E-state index contributed by atoms with van der Waals surface area (Å²) in [4.78, 5) is 14.3. The van der Waals surface area contributed by atoms with E-state index < -0.39 is 23.6 Å². The fourth-order valence-corrected chi connectivity index (χ4v) is 17.3. The average Bonchev–Trinajstić information content (AvgIpc) is 2.97. The van der Waals surface area contributed by atoms with Gasteiger partial charge in [-0.2, -0.15) is 0 Å². The summed E-state index contributed by atoms with van der Waals surface area (Å²) in [5.74, 6) is -0.236. The zero-order valence-corrected chi connectivity index (χ0v) is 16.4. The van der Waals surface area contributed by atoms with Crippen LogP contribution in [0.25, 0.3) is 0 Å². The molecule has 1 aromatic rings. The summed E-state index contributed by atoms with van der Waals surface area (Å²) in [5.41, 5.74) is 0. The van der Waals surface area contributed by atoms with E-state index in [-0.39, 0.29) is 5.95 Å². The normalized spacial score (nSPS) is 11.8. The van der Waals surface area contributed by atoms with Crippen LogP contribution in [0.15, 0.2) is 6.33 Å². The van der Waals surface area contributed by atoms with Crippen molar-refractivity contribution in [3.8, 4) is 0 Å².